The van der Waals surface area contributed by atoms with E-state index in [2.05, 4.69) is 0 Å². The Morgan fingerprint density at radius 2 is 2.07 bits per heavy atom. The third-order valence-corrected chi connectivity index (χ3v) is 1.89. The standard InChI is InChI=1S/C10H12F2O3/c1-2-15-7-5-3-4-6(8(7)13)9(14)10(11)12/h3-5,9-10,13-14H,2H2,1H3. The van der Waals surface area contributed by atoms with Gasteiger partial charge >= 0.3 is 0 Å². The molecule has 0 spiro atoms. The summed E-state index contributed by atoms with van der Waals surface area (Å²) in [4.78, 5) is 0. The molecule has 0 radical (unpaired) electrons. The van der Waals surface area contributed by atoms with Crippen LogP contribution in [0.4, 0.5) is 8.78 Å². The van der Waals surface area contributed by atoms with E-state index in [4.69, 9.17) is 9.84 Å². The second kappa shape index (κ2) is 4.93. The summed E-state index contributed by atoms with van der Waals surface area (Å²) in [5.74, 6) is -0.346. The number of alkyl halides is 2. The van der Waals surface area contributed by atoms with Crippen molar-refractivity contribution in [2.75, 3.05) is 6.61 Å². The van der Waals surface area contributed by atoms with E-state index in [9.17, 15) is 13.9 Å². The number of phenols is 1. The van der Waals surface area contributed by atoms with Crippen LogP contribution in [0, 0.1) is 0 Å². The van der Waals surface area contributed by atoms with Crippen LogP contribution in [0.5, 0.6) is 11.5 Å². The molecule has 0 bridgehead atoms. The molecule has 0 amide bonds. The summed E-state index contributed by atoms with van der Waals surface area (Å²) in [6, 6.07) is 4.11. The van der Waals surface area contributed by atoms with Crippen LogP contribution in [0.2, 0.25) is 0 Å². The third kappa shape index (κ3) is 2.56. The molecule has 1 unspecified atom stereocenters. The first-order valence-electron chi connectivity index (χ1n) is 4.48. The maximum atomic E-state index is 12.2. The number of aliphatic hydroxyl groups excluding tert-OH is 1. The van der Waals surface area contributed by atoms with Crippen molar-refractivity contribution in [3.8, 4) is 11.5 Å². The predicted molar refractivity (Wildman–Crippen MR) is 50.2 cm³/mol. The number of aromatic hydroxyl groups is 1. The number of ether oxygens (including phenoxy) is 1. The lowest BCUT2D eigenvalue weighted by Gasteiger charge is -2.14. The fraction of sp³-hybridized carbons (Fsp3) is 0.400. The Bertz CT molecular complexity index is 328. The van der Waals surface area contributed by atoms with Gasteiger partial charge in [0.05, 0.1) is 6.61 Å². The van der Waals surface area contributed by atoms with E-state index in [1.165, 1.54) is 18.2 Å². The lowest BCUT2D eigenvalue weighted by molar-refractivity contribution is -0.00715. The van der Waals surface area contributed by atoms with E-state index < -0.39 is 18.3 Å². The van der Waals surface area contributed by atoms with Crippen LogP contribution >= 0.6 is 0 Å². The molecule has 1 aromatic rings. The first-order valence-corrected chi connectivity index (χ1v) is 4.48. The highest BCUT2D eigenvalue weighted by Crippen LogP contribution is 2.35. The topological polar surface area (TPSA) is 49.7 Å². The number of benzene rings is 1. The zero-order valence-corrected chi connectivity index (χ0v) is 8.15. The van der Waals surface area contributed by atoms with Crippen LogP contribution < -0.4 is 4.74 Å². The second-order valence-corrected chi connectivity index (χ2v) is 2.91. The van der Waals surface area contributed by atoms with Gasteiger partial charge in [-0.3, -0.25) is 0 Å². The van der Waals surface area contributed by atoms with Crippen molar-refractivity contribution in [1.82, 2.24) is 0 Å². The summed E-state index contributed by atoms with van der Waals surface area (Å²) in [6.07, 6.45) is -4.93. The molecule has 0 aliphatic heterocycles. The van der Waals surface area contributed by atoms with Crippen molar-refractivity contribution in [1.29, 1.82) is 0 Å². The minimum Gasteiger partial charge on any atom is -0.504 e. The van der Waals surface area contributed by atoms with E-state index in [1.807, 2.05) is 0 Å². The summed E-state index contributed by atoms with van der Waals surface area (Å²) in [5, 5.41) is 18.6. The molecule has 0 saturated heterocycles. The molecule has 1 rings (SSSR count). The van der Waals surface area contributed by atoms with Crippen molar-refractivity contribution >= 4 is 0 Å². The molecule has 0 saturated carbocycles. The van der Waals surface area contributed by atoms with Gasteiger partial charge in [0, 0.05) is 5.56 Å². The molecule has 84 valence electrons. The summed E-state index contributed by atoms with van der Waals surface area (Å²) in [7, 11) is 0. The van der Waals surface area contributed by atoms with Crippen molar-refractivity contribution in [3.63, 3.8) is 0 Å². The van der Waals surface area contributed by atoms with Gasteiger partial charge in [-0.05, 0) is 13.0 Å². The molecule has 2 N–H and O–H groups in total. The summed E-state index contributed by atoms with van der Waals surface area (Å²) in [6.45, 7) is 2.01. The molecule has 0 fully saturated rings. The van der Waals surface area contributed by atoms with Gasteiger partial charge in [-0.15, -0.1) is 0 Å². The Balaban J connectivity index is 3.03. The highest BCUT2D eigenvalue weighted by molar-refractivity contribution is 5.46. The number of hydrogen-bond acceptors (Lipinski definition) is 3. The first-order chi connectivity index (χ1) is 7.07. The van der Waals surface area contributed by atoms with Crippen molar-refractivity contribution in [3.05, 3.63) is 23.8 Å². The highest BCUT2D eigenvalue weighted by atomic mass is 19.3. The molecule has 15 heavy (non-hydrogen) atoms. The summed E-state index contributed by atoms with van der Waals surface area (Å²) in [5.41, 5.74) is -0.226. The largest absolute Gasteiger partial charge is 0.504 e. The Morgan fingerprint density at radius 3 is 2.60 bits per heavy atom. The zero-order valence-electron chi connectivity index (χ0n) is 8.15. The van der Waals surface area contributed by atoms with Crippen LogP contribution in [-0.4, -0.2) is 23.2 Å². The van der Waals surface area contributed by atoms with Gasteiger partial charge in [0.1, 0.15) is 6.10 Å². The first kappa shape index (κ1) is 11.7. The number of aliphatic hydroxyl groups is 1. The Hall–Kier alpha value is -1.36. The van der Waals surface area contributed by atoms with Gasteiger partial charge < -0.3 is 14.9 Å². The molecule has 0 aliphatic rings. The average Bonchev–Trinajstić information content (AvgIpc) is 2.20. The van der Waals surface area contributed by atoms with Crippen LogP contribution in [0.1, 0.15) is 18.6 Å². The van der Waals surface area contributed by atoms with E-state index in [-0.39, 0.29) is 11.3 Å². The minimum absolute atomic E-state index is 0.0923. The van der Waals surface area contributed by atoms with Crippen LogP contribution in [0.3, 0.4) is 0 Å². The second-order valence-electron chi connectivity index (χ2n) is 2.91. The number of para-hydroxylation sites is 1. The van der Waals surface area contributed by atoms with Crippen molar-refractivity contribution in [2.45, 2.75) is 19.5 Å². The lowest BCUT2D eigenvalue weighted by Crippen LogP contribution is -2.08. The monoisotopic (exact) mass is 218 g/mol. The van der Waals surface area contributed by atoms with E-state index in [0.717, 1.165) is 0 Å². The van der Waals surface area contributed by atoms with Gasteiger partial charge in [-0.2, -0.15) is 0 Å². The van der Waals surface area contributed by atoms with Gasteiger partial charge in [-0.25, -0.2) is 8.78 Å². The van der Waals surface area contributed by atoms with E-state index in [0.29, 0.717) is 6.61 Å². The average molecular weight is 218 g/mol. The maximum Gasteiger partial charge on any atom is 0.268 e. The van der Waals surface area contributed by atoms with Crippen LogP contribution in [-0.2, 0) is 0 Å². The molecule has 1 atom stereocenters. The predicted octanol–water partition coefficient (Wildman–Crippen LogP) is 2.09. The molecular weight excluding hydrogens is 206 g/mol. The fourth-order valence-electron chi connectivity index (χ4n) is 1.19. The number of hydrogen-bond donors (Lipinski definition) is 2. The molecule has 0 heterocycles. The van der Waals surface area contributed by atoms with Crippen molar-refractivity contribution < 1.29 is 23.7 Å². The normalized spacial score (nSPS) is 12.9. The molecule has 0 aliphatic carbocycles. The van der Waals surface area contributed by atoms with Gasteiger partial charge in [0.25, 0.3) is 6.43 Å². The number of rotatable bonds is 4. The quantitative estimate of drug-likeness (QED) is 0.813. The van der Waals surface area contributed by atoms with Gasteiger partial charge in [0.2, 0.25) is 0 Å². The molecule has 1 aromatic carbocycles. The smallest absolute Gasteiger partial charge is 0.268 e. The van der Waals surface area contributed by atoms with E-state index >= 15 is 0 Å². The van der Waals surface area contributed by atoms with Gasteiger partial charge in [0.15, 0.2) is 11.5 Å². The Labute approximate surface area is 85.9 Å². The maximum absolute atomic E-state index is 12.2. The number of phenolic OH excluding ortho intramolecular Hbond substituents is 1. The van der Waals surface area contributed by atoms with Crippen LogP contribution in [0.25, 0.3) is 0 Å². The van der Waals surface area contributed by atoms with Crippen molar-refractivity contribution in [2.24, 2.45) is 0 Å². The van der Waals surface area contributed by atoms with Gasteiger partial charge in [-0.1, -0.05) is 12.1 Å². The summed E-state index contributed by atoms with van der Waals surface area (Å²) >= 11 is 0. The summed E-state index contributed by atoms with van der Waals surface area (Å²) < 4.78 is 29.4. The Morgan fingerprint density at radius 1 is 1.40 bits per heavy atom. The number of halogens is 2. The fourth-order valence-corrected chi connectivity index (χ4v) is 1.19. The Kier molecular flexibility index (Phi) is 3.85. The molecule has 5 heteroatoms. The zero-order chi connectivity index (χ0) is 11.4. The third-order valence-electron chi connectivity index (χ3n) is 1.89. The lowest BCUT2D eigenvalue weighted by atomic mass is 10.1. The minimum atomic E-state index is -2.94. The highest BCUT2D eigenvalue weighted by Gasteiger charge is 2.23. The molecule has 3 nitrogen and oxygen atoms in total. The SMILES string of the molecule is CCOc1cccc(C(O)C(F)F)c1O. The molecular formula is C10H12F2O3. The molecule has 0 aromatic heterocycles. The van der Waals surface area contributed by atoms with E-state index in [1.54, 1.807) is 6.92 Å². The van der Waals surface area contributed by atoms with Crippen LogP contribution in [0.15, 0.2) is 18.2 Å².